The Morgan fingerprint density at radius 1 is 0.947 bits per heavy atom. The first-order valence-electron chi connectivity index (χ1n) is 12.8. The molecule has 3 aromatic carbocycles. The Morgan fingerprint density at radius 3 is 2.13 bits per heavy atom. The van der Waals surface area contributed by atoms with Gasteiger partial charge < -0.3 is 19.5 Å². The van der Waals surface area contributed by atoms with E-state index < -0.39 is 17.7 Å². The minimum absolute atomic E-state index is 0.0527. The summed E-state index contributed by atoms with van der Waals surface area (Å²) in [7, 11) is 1.57. The van der Waals surface area contributed by atoms with Gasteiger partial charge in [0.2, 0.25) is 0 Å². The van der Waals surface area contributed by atoms with Crippen molar-refractivity contribution in [3.63, 3.8) is 0 Å². The largest absolute Gasteiger partial charge is 0.507 e. The molecule has 6 nitrogen and oxygen atoms in total. The number of carbonyl (C=O) groups excluding carboxylic acids is 2. The van der Waals surface area contributed by atoms with E-state index in [-0.39, 0.29) is 23.3 Å². The van der Waals surface area contributed by atoms with Gasteiger partial charge >= 0.3 is 0 Å². The van der Waals surface area contributed by atoms with Crippen LogP contribution in [0.15, 0.2) is 72.3 Å². The first-order valence-corrected chi connectivity index (χ1v) is 12.8. The van der Waals surface area contributed by atoms with E-state index in [0.717, 1.165) is 28.0 Å². The number of rotatable bonds is 7. The minimum Gasteiger partial charge on any atom is -0.507 e. The van der Waals surface area contributed by atoms with Crippen molar-refractivity contribution in [2.75, 3.05) is 13.7 Å². The average molecular weight is 514 g/mol. The minimum atomic E-state index is -0.739. The molecule has 1 aliphatic heterocycles. The predicted molar refractivity (Wildman–Crippen MR) is 148 cm³/mol. The van der Waals surface area contributed by atoms with Crippen molar-refractivity contribution in [3.8, 4) is 11.5 Å². The molecule has 1 saturated heterocycles. The van der Waals surface area contributed by atoms with Crippen LogP contribution in [-0.4, -0.2) is 35.4 Å². The van der Waals surface area contributed by atoms with E-state index >= 15 is 0 Å². The molecule has 3 aromatic rings. The SMILES string of the molecule is CCOc1ccc(CN2C(=O)C(=O)/C(=C(\O)c3ccc(OC)cc3C)C2c2ccc(C(C)(C)C)cc2)cc1. The number of hydrogen-bond acceptors (Lipinski definition) is 5. The fourth-order valence-corrected chi connectivity index (χ4v) is 4.78. The van der Waals surface area contributed by atoms with Gasteiger partial charge in [0.05, 0.1) is 25.3 Å². The third kappa shape index (κ3) is 5.30. The first-order chi connectivity index (χ1) is 18.0. The van der Waals surface area contributed by atoms with Crippen molar-refractivity contribution in [1.82, 2.24) is 4.90 Å². The molecule has 198 valence electrons. The number of ketones is 1. The number of carbonyl (C=O) groups is 2. The van der Waals surface area contributed by atoms with Crippen LogP contribution in [0.4, 0.5) is 0 Å². The summed E-state index contributed by atoms with van der Waals surface area (Å²) < 4.78 is 10.8. The topological polar surface area (TPSA) is 76.1 Å². The fourth-order valence-electron chi connectivity index (χ4n) is 4.78. The van der Waals surface area contributed by atoms with Gasteiger partial charge in [0.1, 0.15) is 17.3 Å². The molecule has 1 unspecified atom stereocenters. The molecule has 0 radical (unpaired) electrons. The van der Waals surface area contributed by atoms with E-state index in [0.29, 0.717) is 17.9 Å². The number of aliphatic hydroxyl groups excluding tert-OH is 1. The van der Waals surface area contributed by atoms with Gasteiger partial charge in [-0.15, -0.1) is 0 Å². The third-order valence-corrected chi connectivity index (χ3v) is 6.91. The summed E-state index contributed by atoms with van der Waals surface area (Å²) in [4.78, 5) is 28.4. The van der Waals surface area contributed by atoms with Crippen LogP contribution in [0, 0.1) is 6.92 Å². The Balaban J connectivity index is 1.83. The van der Waals surface area contributed by atoms with Crippen LogP contribution in [0.2, 0.25) is 0 Å². The lowest BCUT2D eigenvalue weighted by atomic mass is 9.85. The molecule has 0 bridgehead atoms. The molecular formula is C32H35NO5. The van der Waals surface area contributed by atoms with E-state index in [1.807, 2.05) is 62.4 Å². The second-order valence-corrected chi connectivity index (χ2v) is 10.6. The smallest absolute Gasteiger partial charge is 0.295 e. The summed E-state index contributed by atoms with van der Waals surface area (Å²) in [6.45, 7) is 10.9. The van der Waals surface area contributed by atoms with Crippen LogP contribution in [-0.2, 0) is 21.5 Å². The molecule has 0 aliphatic carbocycles. The Kier molecular flexibility index (Phi) is 7.63. The number of amides is 1. The lowest BCUT2D eigenvalue weighted by Gasteiger charge is -2.27. The Bertz CT molecular complexity index is 1360. The Labute approximate surface area is 224 Å². The Morgan fingerprint density at radius 2 is 1.58 bits per heavy atom. The summed E-state index contributed by atoms with van der Waals surface area (Å²) in [5, 5.41) is 11.5. The highest BCUT2D eigenvalue weighted by atomic mass is 16.5. The summed E-state index contributed by atoms with van der Waals surface area (Å²) in [5.41, 5.74) is 4.00. The number of benzene rings is 3. The zero-order valence-electron chi connectivity index (χ0n) is 22.9. The van der Waals surface area contributed by atoms with E-state index in [1.165, 1.54) is 4.90 Å². The van der Waals surface area contributed by atoms with E-state index in [4.69, 9.17) is 9.47 Å². The predicted octanol–water partition coefficient (Wildman–Crippen LogP) is 6.32. The van der Waals surface area contributed by atoms with Gasteiger partial charge in [-0.2, -0.15) is 0 Å². The van der Waals surface area contributed by atoms with Crippen molar-refractivity contribution >= 4 is 17.4 Å². The fraction of sp³-hybridized carbons (Fsp3) is 0.312. The number of methoxy groups -OCH3 is 1. The second-order valence-electron chi connectivity index (χ2n) is 10.6. The van der Waals surface area contributed by atoms with Crippen LogP contribution in [0.25, 0.3) is 5.76 Å². The number of nitrogens with zero attached hydrogens (tertiary/aromatic N) is 1. The molecule has 38 heavy (non-hydrogen) atoms. The summed E-state index contributed by atoms with van der Waals surface area (Å²) in [6, 6.07) is 19.9. The number of Topliss-reactive ketones (excluding diaryl/α,β-unsaturated/α-hetero) is 1. The van der Waals surface area contributed by atoms with Gasteiger partial charge in [-0.25, -0.2) is 0 Å². The molecule has 1 amide bonds. The standard InChI is InChI=1S/C32H35NO5/c1-7-38-24-14-8-21(9-15-24)19-33-28(22-10-12-23(13-11-22)32(3,4)5)27(30(35)31(33)36)29(34)26-17-16-25(37-6)18-20(26)2/h8-18,28,34H,7,19H2,1-6H3/b29-27-. The molecule has 6 heteroatoms. The van der Waals surface area contributed by atoms with Crippen LogP contribution < -0.4 is 9.47 Å². The van der Waals surface area contributed by atoms with Crippen LogP contribution in [0.5, 0.6) is 11.5 Å². The molecule has 1 heterocycles. The number of ether oxygens (including phenoxy) is 2. The molecule has 1 atom stereocenters. The van der Waals surface area contributed by atoms with Gasteiger partial charge in [0.25, 0.3) is 11.7 Å². The molecule has 1 N–H and O–H groups in total. The quantitative estimate of drug-likeness (QED) is 0.227. The molecule has 1 aliphatic rings. The van der Waals surface area contributed by atoms with E-state index in [9.17, 15) is 14.7 Å². The molecule has 1 fully saturated rings. The van der Waals surface area contributed by atoms with Crippen molar-refractivity contribution in [3.05, 3.63) is 100 Å². The highest BCUT2D eigenvalue weighted by Gasteiger charge is 2.46. The molecular weight excluding hydrogens is 478 g/mol. The molecule has 0 aromatic heterocycles. The van der Waals surface area contributed by atoms with Crippen LogP contribution in [0.3, 0.4) is 0 Å². The number of aryl methyl sites for hydroxylation is 1. The lowest BCUT2D eigenvalue weighted by molar-refractivity contribution is -0.140. The van der Waals surface area contributed by atoms with Crippen molar-refractivity contribution in [2.45, 2.75) is 52.6 Å². The summed E-state index contributed by atoms with van der Waals surface area (Å²) >= 11 is 0. The third-order valence-electron chi connectivity index (χ3n) is 6.91. The normalized spacial score (nSPS) is 17.1. The van der Waals surface area contributed by atoms with Gasteiger partial charge in [0, 0.05) is 12.1 Å². The van der Waals surface area contributed by atoms with Gasteiger partial charge in [-0.1, -0.05) is 57.2 Å². The molecule has 0 spiro atoms. The lowest BCUT2D eigenvalue weighted by Crippen LogP contribution is -2.29. The summed E-state index contributed by atoms with van der Waals surface area (Å²) in [5.74, 6) is -0.153. The first kappa shape index (κ1) is 27.0. The van der Waals surface area contributed by atoms with E-state index in [1.54, 1.807) is 25.3 Å². The molecule has 4 rings (SSSR count). The number of likely N-dealkylation sites (tertiary alicyclic amines) is 1. The van der Waals surface area contributed by atoms with Crippen molar-refractivity contribution in [2.24, 2.45) is 0 Å². The van der Waals surface area contributed by atoms with Gasteiger partial charge in [0.15, 0.2) is 0 Å². The van der Waals surface area contributed by atoms with Crippen LogP contribution in [0.1, 0.15) is 61.6 Å². The van der Waals surface area contributed by atoms with Gasteiger partial charge in [-0.3, -0.25) is 9.59 Å². The summed E-state index contributed by atoms with van der Waals surface area (Å²) in [6.07, 6.45) is 0. The number of aliphatic hydroxyl groups is 1. The zero-order valence-corrected chi connectivity index (χ0v) is 22.9. The van der Waals surface area contributed by atoms with Crippen molar-refractivity contribution < 1.29 is 24.2 Å². The van der Waals surface area contributed by atoms with Gasteiger partial charge in [-0.05, 0) is 71.8 Å². The Hall–Kier alpha value is -4.06. The highest BCUT2D eigenvalue weighted by Crippen LogP contribution is 2.41. The maximum atomic E-state index is 13.5. The average Bonchev–Trinajstić information content (AvgIpc) is 3.14. The maximum absolute atomic E-state index is 13.5. The second kappa shape index (κ2) is 10.7. The highest BCUT2D eigenvalue weighted by molar-refractivity contribution is 6.46. The van der Waals surface area contributed by atoms with E-state index in [2.05, 4.69) is 20.8 Å². The van der Waals surface area contributed by atoms with Crippen LogP contribution >= 0.6 is 0 Å². The number of hydrogen-bond donors (Lipinski definition) is 1. The molecule has 0 saturated carbocycles. The maximum Gasteiger partial charge on any atom is 0.295 e. The zero-order chi connectivity index (χ0) is 27.6. The monoisotopic (exact) mass is 513 g/mol. The van der Waals surface area contributed by atoms with Crippen molar-refractivity contribution in [1.29, 1.82) is 0 Å².